The smallest absolute Gasteiger partial charge is 0.255 e. The molecular weight excluding hydrogens is 280 g/mol. The van der Waals surface area contributed by atoms with E-state index in [4.69, 9.17) is 5.73 Å². The monoisotopic (exact) mass is 298 g/mol. The van der Waals surface area contributed by atoms with Crippen molar-refractivity contribution in [1.82, 2.24) is 5.32 Å². The number of nitrogens with one attached hydrogen (secondary N) is 2. The van der Waals surface area contributed by atoms with Crippen LogP contribution in [0.5, 0.6) is 5.75 Å². The molecule has 0 radical (unpaired) electrons. The maximum atomic E-state index is 11.8. The highest BCUT2D eigenvalue weighted by atomic mass is 16.3. The van der Waals surface area contributed by atoms with Crippen molar-refractivity contribution >= 4 is 17.6 Å². The molecule has 0 fully saturated rings. The van der Waals surface area contributed by atoms with E-state index in [0.29, 0.717) is 13.1 Å². The highest BCUT2D eigenvalue weighted by Crippen LogP contribution is 2.14. The lowest BCUT2D eigenvalue weighted by Gasteiger charge is -2.07. The number of rotatable bonds is 5. The zero-order chi connectivity index (χ0) is 15.8. The summed E-state index contributed by atoms with van der Waals surface area (Å²) >= 11 is 0. The van der Waals surface area contributed by atoms with Crippen LogP contribution in [0.15, 0.2) is 59.6 Å². The molecule has 0 bridgehead atoms. The number of benzene rings is 2. The maximum absolute atomic E-state index is 11.8. The summed E-state index contributed by atoms with van der Waals surface area (Å²) in [6.45, 7) is 0.662. The van der Waals surface area contributed by atoms with Crippen LogP contribution in [0, 0.1) is 0 Å². The zero-order valence-corrected chi connectivity index (χ0v) is 12.0. The molecule has 2 rings (SSSR count). The van der Waals surface area contributed by atoms with Gasteiger partial charge in [-0.15, -0.1) is 0 Å². The molecule has 0 aromatic heterocycles. The molecule has 2 aromatic carbocycles. The number of phenols is 1. The van der Waals surface area contributed by atoms with Gasteiger partial charge in [0.1, 0.15) is 5.75 Å². The SMILES string of the molecule is NC(=NCCNC(=O)c1ccccc1O)Nc1ccccc1. The van der Waals surface area contributed by atoms with E-state index in [1.165, 1.54) is 6.07 Å². The first kappa shape index (κ1) is 15.4. The summed E-state index contributed by atoms with van der Waals surface area (Å²) in [7, 11) is 0. The Morgan fingerprint density at radius 1 is 1.09 bits per heavy atom. The molecule has 0 aliphatic heterocycles. The Kier molecular flexibility index (Phi) is 5.37. The van der Waals surface area contributed by atoms with Crippen LogP contribution >= 0.6 is 0 Å². The lowest BCUT2D eigenvalue weighted by atomic mass is 10.2. The van der Waals surface area contributed by atoms with Gasteiger partial charge in [-0.1, -0.05) is 30.3 Å². The van der Waals surface area contributed by atoms with Crippen molar-refractivity contribution in [3.63, 3.8) is 0 Å². The second-order valence-electron chi connectivity index (χ2n) is 4.53. The van der Waals surface area contributed by atoms with E-state index in [-0.39, 0.29) is 23.2 Å². The van der Waals surface area contributed by atoms with Crippen LogP contribution in [0.4, 0.5) is 5.69 Å². The third-order valence-electron chi connectivity index (χ3n) is 2.87. The van der Waals surface area contributed by atoms with Gasteiger partial charge in [-0.3, -0.25) is 9.79 Å². The van der Waals surface area contributed by atoms with E-state index in [9.17, 15) is 9.90 Å². The van der Waals surface area contributed by atoms with Crippen LogP contribution < -0.4 is 16.4 Å². The summed E-state index contributed by atoms with van der Waals surface area (Å²) in [5.74, 6) is -0.111. The predicted molar refractivity (Wildman–Crippen MR) is 87.0 cm³/mol. The number of carbonyl (C=O) groups excluding carboxylic acids is 1. The number of nitrogens with two attached hydrogens (primary N) is 1. The standard InChI is InChI=1S/C16H18N4O2/c17-16(20-12-6-2-1-3-7-12)19-11-10-18-15(22)13-8-4-5-9-14(13)21/h1-9,21H,10-11H2,(H,18,22)(H3,17,19,20). The zero-order valence-electron chi connectivity index (χ0n) is 12.0. The lowest BCUT2D eigenvalue weighted by Crippen LogP contribution is -2.28. The number of nitrogens with zero attached hydrogens (tertiary/aromatic N) is 1. The fourth-order valence-corrected chi connectivity index (χ4v) is 1.82. The van der Waals surface area contributed by atoms with Gasteiger partial charge in [0.15, 0.2) is 5.96 Å². The van der Waals surface area contributed by atoms with Gasteiger partial charge < -0.3 is 21.5 Å². The molecule has 0 unspecified atom stereocenters. The Bertz CT molecular complexity index is 656. The van der Waals surface area contributed by atoms with Crippen molar-refractivity contribution in [2.75, 3.05) is 18.4 Å². The number of amides is 1. The Hall–Kier alpha value is -3.02. The normalized spacial score (nSPS) is 11.0. The van der Waals surface area contributed by atoms with Crippen molar-refractivity contribution in [2.24, 2.45) is 10.7 Å². The van der Waals surface area contributed by atoms with E-state index >= 15 is 0 Å². The topological polar surface area (TPSA) is 99.7 Å². The van der Waals surface area contributed by atoms with Crippen LogP contribution in [0.25, 0.3) is 0 Å². The molecular formula is C16H18N4O2. The summed E-state index contributed by atoms with van der Waals surface area (Å²) < 4.78 is 0. The number of aromatic hydroxyl groups is 1. The quantitative estimate of drug-likeness (QED) is 0.382. The Morgan fingerprint density at radius 3 is 2.50 bits per heavy atom. The Labute approximate surface area is 128 Å². The van der Waals surface area contributed by atoms with Crippen molar-refractivity contribution in [3.8, 4) is 5.75 Å². The summed E-state index contributed by atoms with van der Waals surface area (Å²) in [5, 5.41) is 15.2. The molecule has 2 aromatic rings. The number of aliphatic imine (C=N–C) groups is 1. The number of phenolic OH excluding ortho intramolecular Hbond substituents is 1. The fourth-order valence-electron chi connectivity index (χ4n) is 1.82. The van der Waals surface area contributed by atoms with Crippen molar-refractivity contribution in [1.29, 1.82) is 0 Å². The number of para-hydroxylation sites is 2. The van der Waals surface area contributed by atoms with Crippen LogP contribution in [0.3, 0.4) is 0 Å². The molecule has 0 aliphatic rings. The molecule has 6 heteroatoms. The van der Waals surface area contributed by atoms with Crippen LogP contribution in [0.2, 0.25) is 0 Å². The van der Waals surface area contributed by atoms with Gasteiger partial charge in [-0.05, 0) is 24.3 Å². The van der Waals surface area contributed by atoms with Crippen LogP contribution in [0.1, 0.15) is 10.4 Å². The minimum absolute atomic E-state index is 0.0474. The van der Waals surface area contributed by atoms with Crippen molar-refractivity contribution < 1.29 is 9.90 Å². The predicted octanol–water partition coefficient (Wildman–Crippen LogP) is 1.55. The minimum atomic E-state index is -0.345. The summed E-state index contributed by atoms with van der Waals surface area (Å²) in [4.78, 5) is 15.9. The number of carbonyl (C=O) groups is 1. The van der Waals surface area contributed by atoms with Gasteiger partial charge in [-0.25, -0.2) is 0 Å². The number of anilines is 1. The van der Waals surface area contributed by atoms with Crippen molar-refractivity contribution in [2.45, 2.75) is 0 Å². The fraction of sp³-hybridized carbons (Fsp3) is 0.125. The highest BCUT2D eigenvalue weighted by Gasteiger charge is 2.08. The first-order chi connectivity index (χ1) is 10.7. The molecule has 6 nitrogen and oxygen atoms in total. The third kappa shape index (κ3) is 4.52. The maximum Gasteiger partial charge on any atom is 0.255 e. The van der Waals surface area contributed by atoms with Gasteiger partial charge in [0.25, 0.3) is 5.91 Å². The first-order valence-electron chi connectivity index (χ1n) is 6.85. The Balaban J connectivity index is 1.78. The van der Waals surface area contributed by atoms with Gasteiger partial charge in [0.05, 0.1) is 12.1 Å². The van der Waals surface area contributed by atoms with E-state index in [1.807, 2.05) is 30.3 Å². The second-order valence-corrected chi connectivity index (χ2v) is 4.53. The molecule has 0 saturated heterocycles. The molecule has 0 spiro atoms. The molecule has 1 amide bonds. The van der Waals surface area contributed by atoms with E-state index in [0.717, 1.165) is 5.69 Å². The van der Waals surface area contributed by atoms with Gasteiger partial charge in [0.2, 0.25) is 0 Å². The Morgan fingerprint density at radius 2 is 1.77 bits per heavy atom. The van der Waals surface area contributed by atoms with E-state index < -0.39 is 0 Å². The first-order valence-corrected chi connectivity index (χ1v) is 6.85. The van der Waals surface area contributed by atoms with Crippen LogP contribution in [-0.4, -0.2) is 30.1 Å². The number of guanidine groups is 1. The lowest BCUT2D eigenvalue weighted by molar-refractivity contribution is 0.0952. The van der Waals surface area contributed by atoms with Gasteiger partial charge in [0, 0.05) is 12.2 Å². The molecule has 114 valence electrons. The highest BCUT2D eigenvalue weighted by molar-refractivity contribution is 5.96. The summed E-state index contributed by atoms with van der Waals surface area (Å²) in [6.07, 6.45) is 0. The molecule has 0 atom stereocenters. The number of hydrogen-bond donors (Lipinski definition) is 4. The van der Waals surface area contributed by atoms with Crippen LogP contribution in [-0.2, 0) is 0 Å². The molecule has 0 saturated carbocycles. The third-order valence-corrected chi connectivity index (χ3v) is 2.87. The largest absolute Gasteiger partial charge is 0.507 e. The summed E-state index contributed by atoms with van der Waals surface area (Å²) in [5.41, 5.74) is 6.83. The second kappa shape index (κ2) is 7.68. The van der Waals surface area contributed by atoms with E-state index in [1.54, 1.807) is 18.2 Å². The van der Waals surface area contributed by atoms with Gasteiger partial charge >= 0.3 is 0 Å². The number of hydrogen-bond acceptors (Lipinski definition) is 3. The molecule has 0 heterocycles. The average molecular weight is 298 g/mol. The minimum Gasteiger partial charge on any atom is -0.507 e. The van der Waals surface area contributed by atoms with E-state index in [2.05, 4.69) is 15.6 Å². The molecule has 5 N–H and O–H groups in total. The average Bonchev–Trinajstić information content (AvgIpc) is 2.53. The molecule has 0 aliphatic carbocycles. The van der Waals surface area contributed by atoms with Crippen molar-refractivity contribution in [3.05, 3.63) is 60.2 Å². The summed E-state index contributed by atoms with van der Waals surface area (Å²) in [6, 6.07) is 15.8. The molecule has 22 heavy (non-hydrogen) atoms. The van der Waals surface area contributed by atoms with Gasteiger partial charge in [-0.2, -0.15) is 0 Å².